The molecule has 0 aliphatic rings. The first-order valence-electron chi connectivity index (χ1n) is 10.8. The Morgan fingerprint density at radius 3 is 2.48 bits per heavy atom. The van der Waals surface area contributed by atoms with Crippen molar-refractivity contribution >= 4 is 16.7 Å². The molecule has 1 atom stereocenters. The maximum Gasteiger partial charge on any atom is 0.214 e. The first kappa shape index (κ1) is 20.7. The minimum absolute atomic E-state index is 0.0144. The largest absolute Gasteiger partial charge is 0.455 e. The van der Waals surface area contributed by atoms with Crippen LogP contribution in [0.15, 0.2) is 86.9 Å². The Balaban J connectivity index is 1.64. The first-order chi connectivity index (χ1) is 16.0. The lowest BCUT2D eigenvalue weighted by molar-refractivity contribution is 0.419. The topological polar surface area (TPSA) is 81.2 Å². The fourth-order valence-corrected chi connectivity index (χ4v) is 4.16. The van der Waals surface area contributed by atoms with Crippen LogP contribution in [0.25, 0.3) is 33.7 Å². The van der Waals surface area contributed by atoms with Gasteiger partial charge in [0.05, 0.1) is 11.4 Å². The maximum atomic E-state index is 13.3. The van der Waals surface area contributed by atoms with Crippen molar-refractivity contribution in [2.24, 2.45) is 0 Å². The van der Waals surface area contributed by atoms with Gasteiger partial charge in [-0.3, -0.25) is 4.79 Å². The number of rotatable bonds is 5. The summed E-state index contributed by atoms with van der Waals surface area (Å²) in [5.41, 5.74) is 5.65. The van der Waals surface area contributed by atoms with Crippen molar-refractivity contribution in [3.8, 4) is 22.7 Å². The molecule has 0 aliphatic carbocycles. The van der Waals surface area contributed by atoms with E-state index in [0.717, 1.165) is 27.9 Å². The predicted octanol–water partition coefficient (Wildman–Crippen LogP) is 6.30. The molecule has 1 N–H and O–H groups in total. The number of fused-ring (bicyclic) bond motifs is 1. The highest BCUT2D eigenvalue weighted by molar-refractivity contribution is 5.85. The number of aromatic nitrogens is 2. The molecule has 0 amide bonds. The van der Waals surface area contributed by atoms with Gasteiger partial charge in [-0.1, -0.05) is 53.7 Å². The maximum absolute atomic E-state index is 13.3. The number of aryl methyl sites for hydroxylation is 1. The second-order valence-corrected chi connectivity index (χ2v) is 8.15. The van der Waals surface area contributed by atoms with E-state index >= 15 is 0 Å². The molecule has 0 fully saturated rings. The number of benzene rings is 3. The van der Waals surface area contributed by atoms with Gasteiger partial charge in [0.15, 0.2) is 5.43 Å². The van der Waals surface area contributed by atoms with Crippen LogP contribution in [0.3, 0.4) is 0 Å². The molecule has 0 spiro atoms. The lowest BCUT2D eigenvalue weighted by Gasteiger charge is -2.20. The second kappa shape index (κ2) is 8.39. The second-order valence-electron chi connectivity index (χ2n) is 8.15. The van der Waals surface area contributed by atoms with Crippen LogP contribution in [0.5, 0.6) is 0 Å². The number of hydrogen-bond acceptors (Lipinski definition) is 6. The zero-order valence-corrected chi connectivity index (χ0v) is 18.6. The molecular weight excluding hydrogens is 414 g/mol. The summed E-state index contributed by atoms with van der Waals surface area (Å²) in [5, 5.41) is 8.10. The third-order valence-electron chi connectivity index (χ3n) is 5.80. The molecule has 1 unspecified atom stereocenters. The average molecular weight is 437 g/mol. The lowest BCUT2D eigenvalue weighted by Crippen LogP contribution is -2.12. The number of anilines is 1. The smallest absolute Gasteiger partial charge is 0.214 e. The summed E-state index contributed by atoms with van der Waals surface area (Å²) in [6, 6.07) is 21.3. The zero-order valence-electron chi connectivity index (χ0n) is 18.6. The van der Waals surface area contributed by atoms with Crippen LogP contribution >= 0.6 is 0 Å². The van der Waals surface area contributed by atoms with Crippen LogP contribution in [0.2, 0.25) is 0 Å². The van der Waals surface area contributed by atoms with E-state index in [9.17, 15) is 4.79 Å². The summed E-state index contributed by atoms with van der Waals surface area (Å²) in [6.45, 7) is 5.85. The summed E-state index contributed by atoms with van der Waals surface area (Å²) in [6.07, 6.45) is 1.31. The Bertz CT molecular complexity index is 1490. The molecule has 0 saturated carbocycles. The molecule has 0 saturated heterocycles. The van der Waals surface area contributed by atoms with Crippen molar-refractivity contribution in [2.75, 3.05) is 5.32 Å². The van der Waals surface area contributed by atoms with Gasteiger partial charge in [-0.15, -0.1) is 0 Å². The van der Waals surface area contributed by atoms with Crippen LogP contribution in [0.4, 0.5) is 5.69 Å². The van der Waals surface area contributed by atoms with Gasteiger partial charge in [0, 0.05) is 27.9 Å². The van der Waals surface area contributed by atoms with Crippen LogP contribution in [-0.2, 0) is 0 Å². The van der Waals surface area contributed by atoms with Gasteiger partial charge in [0.2, 0.25) is 12.2 Å². The van der Waals surface area contributed by atoms with Crippen LogP contribution < -0.4 is 10.7 Å². The molecule has 164 valence electrons. The SMILES string of the molecule is Cc1cc(C(C)Nc2ccccc2-c2ncon2)c2oc(-c3ccccc3)c(C)c(=O)c2c1. The van der Waals surface area contributed by atoms with E-state index in [0.29, 0.717) is 28.1 Å². The van der Waals surface area contributed by atoms with Crippen molar-refractivity contribution in [1.29, 1.82) is 0 Å². The van der Waals surface area contributed by atoms with E-state index in [4.69, 9.17) is 8.94 Å². The summed E-state index contributed by atoms with van der Waals surface area (Å²) in [7, 11) is 0. The number of hydrogen-bond donors (Lipinski definition) is 1. The molecule has 6 nitrogen and oxygen atoms in total. The number of nitrogens with zero attached hydrogens (tertiary/aromatic N) is 2. The minimum atomic E-state index is -0.157. The third kappa shape index (κ3) is 3.80. The lowest BCUT2D eigenvalue weighted by atomic mass is 9.98. The van der Waals surface area contributed by atoms with Crippen molar-refractivity contribution in [1.82, 2.24) is 10.1 Å². The fourth-order valence-electron chi connectivity index (χ4n) is 4.16. The highest BCUT2D eigenvalue weighted by Gasteiger charge is 2.20. The molecule has 2 heterocycles. The van der Waals surface area contributed by atoms with Crippen LogP contribution in [0.1, 0.15) is 29.7 Å². The van der Waals surface area contributed by atoms with Crippen molar-refractivity contribution < 1.29 is 8.94 Å². The van der Waals surface area contributed by atoms with Crippen molar-refractivity contribution in [3.63, 3.8) is 0 Å². The van der Waals surface area contributed by atoms with Gasteiger partial charge in [0.1, 0.15) is 11.3 Å². The predicted molar refractivity (Wildman–Crippen MR) is 129 cm³/mol. The molecule has 0 bridgehead atoms. The van der Waals surface area contributed by atoms with Crippen LogP contribution in [0, 0.1) is 13.8 Å². The van der Waals surface area contributed by atoms with E-state index in [-0.39, 0.29) is 11.5 Å². The Hall–Kier alpha value is -4.19. The van der Waals surface area contributed by atoms with E-state index in [1.54, 1.807) is 0 Å². The van der Waals surface area contributed by atoms with Gasteiger partial charge in [-0.05, 0) is 44.5 Å². The zero-order chi connectivity index (χ0) is 22.9. The highest BCUT2D eigenvalue weighted by Crippen LogP contribution is 2.34. The van der Waals surface area contributed by atoms with Gasteiger partial charge < -0.3 is 14.3 Å². The minimum Gasteiger partial charge on any atom is -0.455 e. The summed E-state index contributed by atoms with van der Waals surface area (Å²) in [4.78, 5) is 17.5. The Morgan fingerprint density at radius 2 is 1.73 bits per heavy atom. The molecule has 6 heteroatoms. The quantitative estimate of drug-likeness (QED) is 0.347. The van der Waals surface area contributed by atoms with Crippen molar-refractivity contribution in [3.05, 3.63) is 100 Å². The van der Waals surface area contributed by atoms with E-state index < -0.39 is 0 Å². The molecular formula is C27H23N3O3. The first-order valence-corrected chi connectivity index (χ1v) is 10.8. The normalized spacial score (nSPS) is 12.1. The number of nitrogens with one attached hydrogen (secondary N) is 1. The monoisotopic (exact) mass is 437 g/mol. The molecule has 3 aromatic carbocycles. The van der Waals surface area contributed by atoms with E-state index in [1.807, 2.05) is 81.4 Å². The average Bonchev–Trinajstić information content (AvgIpc) is 3.37. The summed E-state index contributed by atoms with van der Waals surface area (Å²) >= 11 is 0. The Morgan fingerprint density at radius 1 is 0.970 bits per heavy atom. The molecule has 0 radical (unpaired) electrons. The van der Waals surface area contributed by atoms with E-state index in [1.165, 1.54) is 6.39 Å². The molecule has 5 rings (SSSR count). The highest BCUT2D eigenvalue weighted by atomic mass is 16.5. The van der Waals surface area contributed by atoms with E-state index in [2.05, 4.69) is 21.5 Å². The Labute approximate surface area is 190 Å². The number of para-hydroxylation sites is 1. The van der Waals surface area contributed by atoms with Gasteiger partial charge in [-0.25, -0.2) is 0 Å². The molecule has 5 aromatic rings. The van der Waals surface area contributed by atoms with Crippen molar-refractivity contribution in [2.45, 2.75) is 26.8 Å². The molecule has 33 heavy (non-hydrogen) atoms. The molecule has 0 aliphatic heterocycles. The van der Waals surface area contributed by atoms with Gasteiger partial charge in [-0.2, -0.15) is 4.98 Å². The van der Waals surface area contributed by atoms with Crippen LogP contribution in [-0.4, -0.2) is 10.1 Å². The third-order valence-corrected chi connectivity index (χ3v) is 5.80. The summed E-state index contributed by atoms with van der Waals surface area (Å²) < 4.78 is 11.4. The summed E-state index contributed by atoms with van der Waals surface area (Å²) in [5.74, 6) is 1.10. The Kier molecular flexibility index (Phi) is 5.26. The standard InChI is InChI=1S/C27H23N3O3/c1-16-13-21(18(3)29-23-12-8-7-11-20(23)27-28-15-32-30-27)26-22(14-16)24(31)17(2)25(33-26)19-9-5-4-6-10-19/h4-15,18,29H,1-3H3. The van der Waals surface area contributed by atoms with Gasteiger partial charge >= 0.3 is 0 Å². The molecule has 2 aromatic heterocycles. The fraction of sp³-hybridized carbons (Fsp3) is 0.148. The van der Waals surface area contributed by atoms with Gasteiger partial charge in [0.25, 0.3) is 0 Å².